The van der Waals surface area contributed by atoms with Gasteiger partial charge in [0.15, 0.2) is 0 Å². The van der Waals surface area contributed by atoms with Gasteiger partial charge >= 0.3 is 0 Å². The van der Waals surface area contributed by atoms with Gasteiger partial charge in [-0.1, -0.05) is 23.7 Å². The molecule has 2 rings (SSSR count). The van der Waals surface area contributed by atoms with E-state index < -0.39 is 11.0 Å². The molecule has 1 fully saturated rings. The fourth-order valence-electron chi connectivity index (χ4n) is 2.43. The Hall–Kier alpha value is -1.08. The Balaban J connectivity index is 2.39. The lowest BCUT2D eigenvalue weighted by molar-refractivity contribution is -0.113. The van der Waals surface area contributed by atoms with Crippen molar-refractivity contribution in [2.45, 2.75) is 25.4 Å². The van der Waals surface area contributed by atoms with Gasteiger partial charge in [-0.05, 0) is 37.5 Å². The fourth-order valence-corrected chi connectivity index (χ4v) is 2.55. The zero-order chi connectivity index (χ0) is 13.2. The first-order valence-corrected chi connectivity index (χ1v) is 6.37. The van der Waals surface area contributed by atoms with E-state index in [9.17, 15) is 10.4 Å². The SMILES string of the molecule is CC(O)(c1ccc(Cl)cc1)C1(C#N)CCCOC1. The molecule has 1 aromatic rings. The van der Waals surface area contributed by atoms with Gasteiger partial charge in [-0.25, -0.2) is 0 Å². The molecule has 96 valence electrons. The second-order valence-corrected chi connectivity index (χ2v) is 5.37. The standard InChI is InChI=1S/C14H16ClNO2/c1-13(17,11-3-5-12(15)6-4-11)14(9-16)7-2-8-18-10-14/h3-6,17H,2,7-8,10H2,1H3. The highest BCUT2D eigenvalue weighted by Gasteiger charge is 2.50. The summed E-state index contributed by atoms with van der Waals surface area (Å²) >= 11 is 5.84. The van der Waals surface area contributed by atoms with Crippen LogP contribution in [-0.2, 0) is 10.3 Å². The van der Waals surface area contributed by atoms with Crippen LogP contribution < -0.4 is 0 Å². The Kier molecular flexibility index (Phi) is 3.63. The third kappa shape index (κ3) is 2.12. The summed E-state index contributed by atoms with van der Waals surface area (Å²) in [6.07, 6.45) is 1.43. The molecule has 1 aromatic carbocycles. The molecule has 2 atom stereocenters. The number of nitrogens with zero attached hydrogens (tertiary/aromatic N) is 1. The Bertz CT molecular complexity index is 456. The molecule has 0 bridgehead atoms. The van der Waals surface area contributed by atoms with Gasteiger partial charge in [0.25, 0.3) is 0 Å². The first-order chi connectivity index (χ1) is 8.52. The van der Waals surface area contributed by atoms with Crippen molar-refractivity contribution in [2.24, 2.45) is 5.41 Å². The first kappa shape index (κ1) is 13.4. The van der Waals surface area contributed by atoms with Crippen molar-refractivity contribution in [2.75, 3.05) is 13.2 Å². The second kappa shape index (κ2) is 4.89. The van der Waals surface area contributed by atoms with Crippen LogP contribution in [0.5, 0.6) is 0 Å². The molecule has 3 nitrogen and oxygen atoms in total. The van der Waals surface area contributed by atoms with Gasteiger partial charge in [-0.2, -0.15) is 5.26 Å². The maximum absolute atomic E-state index is 10.8. The Morgan fingerprint density at radius 1 is 1.44 bits per heavy atom. The third-order valence-corrected chi connectivity index (χ3v) is 4.04. The van der Waals surface area contributed by atoms with E-state index in [0.717, 1.165) is 6.42 Å². The normalized spacial score (nSPS) is 27.2. The van der Waals surface area contributed by atoms with Crippen molar-refractivity contribution in [1.29, 1.82) is 5.26 Å². The number of aliphatic hydroxyl groups is 1. The van der Waals surface area contributed by atoms with E-state index in [0.29, 0.717) is 23.6 Å². The predicted octanol–water partition coefficient (Wildman–Crippen LogP) is 2.87. The van der Waals surface area contributed by atoms with Crippen LogP contribution >= 0.6 is 11.6 Å². The molecule has 1 aliphatic rings. The number of hydrogen-bond acceptors (Lipinski definition) is 3. The summed E-state index contributed by atoms with van der Waals surface area (Å²) < 4.78 is 5.40. The zero-order valence-corrected chi connectivity index (χ0v) is 11.1. The van der Waals surface area contributed by atoms with Gasteiger partial charge in [0.1, 0.15) is 11.0 Å². The highest BCUT2D eigenvalue weighted by Crippen LogP contribution is 2.45. The van der Waals surface area contributed by atoms with Crippen LogP contribution in [0.1, 0.15) is 25.3 Å². The number of rotatable bonds is 2. The van der Waals surface area contributed by atoms with Crippen LogP contribution in [0, 0.1) is 16.7 Å². The average molecular weight is 266 g/mol. The highest BCUT2D eigenvalue weighted by molar-refractivity contribution is 6.30. The lowest BCUT2D eigenvalue weighted by Crippen LogP contribution is -2.48. The minimum atomic E-state index is -1.24. The van der Waals surface area contributed by atoms with Crippen molar-refractivity contribution >= 4 is 11.6 Å². The quantitative estimate of drug-likeness (QED) is 0.895. The topological polar surface area (TPSA) is 53.2 Å². The smallest absolute Gasteiger partial charge is 0.113 e. The molecule has 0 aromatic heterocycles. The fraction of sp³-hybridized carbons (Fsp3) is 0.500. The summed E-state index contributed by atoms with van der Waals surface area (Å²) in [4.78, 5) is 0. The van der Waals surface area contributed by atoms with Gasteiger partial charge in [0, 0.05) is 11.6 Å². The number of nitriles is 1. The van der Waals surface area contributed by atoms with E-state index in [4.69, 9.17) is 16.3 Å². The molecular formula is C14H16ClNO2. The van der Waals surface area contributed by atoms with Crippen molar-refractivity contribution < 1.29 is 9.84 Å². The molecule has 4 heteroatoms. The Labute approximate surface area is 112 Å². The molecule has 1 heterocycles. The lowest BCUT2D eigenvalue weighted by Gasteiger charge is -2.42. The molecule has 0 aliphatic carbocycles. The summed E-state index contributed by atoms with van der Waals surface area (Å²) in [7, 11) is 0. The third-order valence-electron chi connectivity index (χ3n) is 3.79. The Morgan fingerprint density at radius 3 is 2.61 bits per heavy atom. The molecule has 2 unspecified atom stereocenters. The molecule has 0 amide bonds. The molecule has 0 saturated carbocycles. The second-order valence-electron chi connectivity index (χ2n) is 4.93. The van der Waals surface area contributed by atoms with Crippen molar-refractivity contribution in [3.05, 3.63) is 34.9 Å². The van der Waals surface area contributed by atoms with Gasteiger partial charge in [0.2, 0.25) is 0 Å². The average Bonchev–Trinajstić information content (AvgIpc) is 2.40. The van der Waals surface area contributed by atoms with Crippen molar-refractivity contribution in [3.63, 3.8) is 0 Å². The van der Waals surface area contributed by atoms with Gasteiger partial charge in [-0.15, -0.1) is 0 Å². The summed E-state index contributed by atoms with van der Waals surface area (Å²) in [5.74, 6) is 0. The molecule has 1 N–H and O–H groups in total. The predicted molar refractivity (Wildman–Crippen MR) is 69.1 cm³/mol. The minimum Gasteiger partial charge on any atom is -0.384 e. The lowest BCUT2D eigenvalue weighted by atomic mass is 9.67. The molecule has 1 aliphatic heterocycles. The molecule has 0 radical (unpaired) electrons. The summed E-state index contributed by atoms with van der Waals surface area (Å²) in [5, 5.41) is 20.9. The first-order valence-electron chi connectivity index (χ1n) is 5.99. The monoisotopic (exact) mass is 265 g/mol. The minimum absolute atomic E-state index is 0.263. The van der Waals surface area contributed by atoms with Crippen LogP contribution in [0.4, 0.5) is 0 Å². The van der Waals surface area contributed by atoms with E-state index in [-0.39, 0.29) is 6.61 Å². The van der Waals surface area contributed by atoms with Crippen molar-refractivity contribution in [1.82, 2.24) is 0 Å². The van der Waals surface area contributed by atoms with E-state index in [1.165, 1.54) is 0 Å². The van der Waals surface area contributed by atoms with Crippen LogP contribution in [-0.4, -0.2) is 18.3 Å². The summed E-state index contributed by atoms with van der Waals surface area (Å²) in [6.45, 7) is 2.59. The van der Waals surface area contributed by atoms with Gasteiger partial charge < -0.3 is 9.84 Å². The van der Waals surface area contributed by atoms with E-state index >= 15 is 0 Å². The molecule has 0 spiro atoms. The Morgan fingerprint density at radius 2 is 2.11 bits per heavy atom. The molecular weight excluding hydrogens is 250 g/mol. The summed E-state index contributed by atoms with van der Waals surface area (Å²) in [5.41, 5.74) is -1.44. The maximum Gasteiger partial charge on any atom is 0.113 e. The van der Waals surface area contributed by atoms with E-state index in [1.807, 2.05) is 0 Å². The number of ether oxygens (including phenoxy) is 1. The largest absolute Gasteiger partial charge is 0.384 e. The molecule has 18 heavy (non-hydrogen) atoms. The van der Waals surface area contributed by atoms with E-state index in [2.05, 4.69) is 6.07 Å². The van der Waals surface area contributed by atoms with Crippen LogP contribution in [0.2, 0.25) is 5.02 Å². The number of halogens is 1. The molecule has 1 saturated heterocycles. The van der Waals surface area contributed by atoms with Crippen LogP contribution in [0.25, 0.3) is 0 Å². The van der Waals surface area contributed by atoms with E-state index in [1.54, 1.807) is 31.2 Å². The number of benzene rings is 1. The van der Waals surface area contributed by atoms with Gasteiger partial charge in [0.05, 0.1) is 12.7 Å². The zero-order valence-electron chi connectivity index (χ0n) is 10.3. The van der Waals surface area contributed by atoms with Gasteiger partial charge in [-0.3, -0.25) is 0 Å². The number of hydrogen-bond donors (Lipinski definition) is 1. The summed E-state index contributed by atoms with van der Waals surface area (Å²) in [6, 6.07) is 9.23. The van der Waals surface area contributed by atoms with Crippen LogP contribution in [0.15, 0.2) is 24.3 Å². The highest BCUT2D eigenvalue weighted by atomic mass is 35.5. The van der Waals surface area contributed by atoms with Crippen molar-refractivity contribution in [3.8, 4) is 6.07 Å². The van der Waals surface area contributed by atoms with Crippen LogP contribution in [0.3, 0.4) is 0 Å². The maximum atomic E-state index is 10.8.